The van der Waals surface area contributed by atoms with E-state index >= 15 is 0 Å². The second-order valence-corrected chi connectivity index (χ2v) is 8.29. The van der Waals surface area contributed by atoms with Gasteiger partial charge < -0.3 is 36.6 Å². The molecular formula is C25H25F3N6O8. The number of hydrogen-bond acceptors (Lipinski definition) is 7. The fraction of sp³-hybridized carbons (Fsp3) is 0.200. The number of alkyl carbamates (subject to hydrolysis) is 1. The molecule has 1 atom stereocenters. The predicted molar refractivity (Wildman–Crippen MR) is 140 cm³/mol. The summed E-state index contributed by atoms with van der Waals surface area (Å²) >= 11 is 0. The van der Waals surface area contributed by atoms with Crippen molar-refractivity contribution in [1.29, 1.82) is 5.41 Å². The van der Waals surface area contributed by atoms with Gasteiger partial charge in [-0.2, -0.15) is 13.2 Å². The minimum absolute atomic E-state index is 0.0282. The zero-order valence-corrected chi connectivity index (χ0v) is 21.5. The van der Waals surface area contributed by atoms with Gasteiger partial charge >= 0.3 is 24.2 Å². The predicted octanol–water partition coefficient (Wildman–Crippen LogP) is 1.03. The minimum atomic E-state index is -5.08. The molecule has 14 nitrogen and oxygen atoms in total. The number of carboxylic acid groups (broad SMARTS) is 2. The van der Waals surface area contributed by atoms with Gasteiger partial charge in [0.05, 0.1) is 0 Å². The smallest absolute Gasteiger partial charge is 0.480 e. The van der Waals surface area contributed by atoms with Crippen LogP contribution in [0.1, 0.15) is 21.5 Å². The summed E-state index contributed by atoms with van der Waals surface area (Å²) in [5, 5.41) is 30.9. The number of benzene rings is 1. The van der Waals surface area contributed by atoms with Crippen LogP contribution in [0.25, 0.3) is 5.52 Å². The monoisotopic (exact) mass is 594 g/mol. The number of aromatic nitrogens is 1. The molecule has 0 aliphatic carbocycles. The van der Waals surface area contributed by atoms with Crippen molar-refractivity contribution in [3.63, 3.8) is 0 Å². The average molecular weight is 595 g/mol. The van der Waals surface area contributed by atoms with E-state index in [1.807, 2.05) is 6.07 Å². The molecule has 2 heterocycles. The summed E-state index contributed by atoms with van der Waals surface area (Å²) in [6.07, 6.45) is -4.48. The number of rotatable bonds is 9. The van der Waals surface area contributed by atoms with Crippen molar-refractivity contribution in [2.24, 2.45) is 5.73 Å². The molecule has 0 radical (unpaired) electrons. The van der Waals surface area contributed by atoms with Crippen molar-refractivity contribution in [2.75, 3.05) is 6.54 Å². The fourth-order valence-corrected chi connectivity index (χ4v) is 3.11. The van der Waals surface area contributed by atoms with E-state index in [9.17, 15) is 37.5 Å². The quantitative estimate of drug-likeness (QED) is 0.138. The molecule has 0 saturated heterocycles. The first-order valence-corrected chi connectivity index (χ1v) is 11.7. The van der Waals surface area contributed by atoms with Crippen LogP contribution >= 0.6 is 0 Å². The summed E-state index contributed by atoms with van der Waals surface area (Å²) in [7, 11) is 0. The van der Waals surface area contributed by atoms with Gasteiger partial charge in [0.1, 0.15) is 12.6 Å². The highest BCUT2D eigenvalue weighted by Gasteiger charge is 2.38. The lowest BCUT2D eigenvalue weighted by Crippen LogP contribution is -2.48. The highest BCUT2D eigenvalue weighted by Crippen LogP contribution is 2.13. The number of pyridine rings is 2. The molecule has 0 spiro atoms. The number of fused-ring (bicyclic) bond motifs is 1. The van der Waals surface area contributed by atoms with Gasteiger partial charge in [-0.25, -0.2) is 14.4 Å². The summed E-state index contributed by atoms with van der Waals surface area (Å²) in [6.45, 7) is -0.222. The third-order valence-electron chi connectivity index (χ3n) is 5.12. The van der Waals surface area contributed by atoms with Crippen molar-refractivity contribution in [1.82, 2.24) is 20.4 Å². The lowest BCUT2D eigenvalue weighted by atomic mass is 10.2. The number of nitrogens with zero attached hydrogens (tertiary/aromatic N) is 1. The van der Waals surface area contributed by atoms with Gasteiger partial charge in [-0.1, -0.05) is 36.4 Å². The number of halogens is 3. The zero-order chi connectivity index (χ0) is 31.4. The molecule has 2 aromatic heterocycles. The Bertz CT molecular complexity index is 1510. The molecule has 224 valence electrons. The average Bonchev–Trinajstić information content (AvgIpc) is 2.93. The van der Waals surface area contributed by atoms with E-state index in [1.165, 1.54) is 10.5 Å². The van der Waals surface area contributed by atoms with Gasteiger partial charge in [0.15, 0.2) is 5.96 Å². The standard InChI is InChI=1S/C23H24N6O6.C2HF3O2/c24-22(25)27-10-15-6-7-17-8-16(9-19(30)29(17)12-15)20(31)26-11-18(21(32)33)28-23(34)35-13-14-4-2-1-3-5-14;3-2(4,5)1(6)7/h1-9,12,18H,10-11,13H2,(H,26,31)(H,28,34)(H,32,33)(H4,24,25,27);(H,6,7)/t18-;/m0./s1. The van der Waals surface area contributed by atoms with E-state index in [0.717, 1.165) is 11.6 Å². The third-order valence-corrected chi connectivity index (χ3v) is 5.12. The Hall–Kier alpha value is -5.61. The Morgan fingerprint density at radius 3 is 2.21 bits per heavy atom. The molecule has 0 unspecified atom stereocenters. The third kappa shape index (κ3) is 10.5. The largest absolute Gasteiger partial charge is 0.490 e. The SMILES string of the molecule is N=C(N)NCc1ccc2cc(C(=O)NC[C@H](NC(=O)OCc3ccccc3)C(=O)O)cc(=O)n2c1.O=C(O)C(F)(F)F. The van der Waals surface area contributed by atoms with Gasteiger partial charge in [-0.3, -0.25) is 19.4 Å². The van der Waals surface area contributed by atoms with Gasteiger partial charge in [0.25, 0.3) is 11.5 Å². The minimum Gasteiger partial charge on any atom is -0.480 e. The number of carboxylic acids is 2. The Morgan fingerprint density at radius 1 is 1.00 bits per heavy atom. The molecule has 42 heavy (non-hydrogen) atoms. The molecule has 0 bridgehead atoms. The number of nitrogens with one attached hydrogen (secondary N) is 4. The Morgan fingerprint density at radius 2 is 1.64 bits per heavy atom. The maximum absolute atomic E-state index is 12.6. The summed E-state index contributed by atoms with van der Waals surface area (Å²) < 4.78 is 38.1. The molecule has 2 amide bonds. The van der Waals surface area contributed by atoms with Gasteiger partial charge in [0, 0.05) is 36.4 Å². The molecule has 1 aromatic carbocycles. The van der Waals surface area contributed by atoms with E-state index in [2.05, 4.69) is 16.0 Å². The number of nitrogens with two attached hydrogens (primary N) is 1. The first kappa shape index (κ1) is 32.6. The van der Waals surface area contributed by atoms with Crippen LogP contribution in [0.3, 0.4) is 0 Å². The number of aliphatic carboxylic acids is 2. The summed E-state index contributed by atoms with van der Waals surface area (Å²) in [5.41, 5.74) is 6.68. The lowest BCUT2D eigenvalue weighted by Gasteiger charge is -2.15. The molecule has 0 aliphatic rings. The molecule has 3 rings (SSSR count). The van der Waals surface area contributed by atoms with Crippen molar-refractivity contribution in [3.05, 3.63) is 87.8 Å². The zero-order valence-electron chi connectivity index (χ0n) is 21.5. The first-order chi connectivity index (χ1) is 19.7. The van der Waals surface area contributed by atoms with E-state index in [-0.39, 0.29) is 24.7 Å². The van der Waals surface area contributed by atoms with Crippen LogP contribution in [0.15, 0.2) is 65.6 Å². The number of alkyl halides is 3. The van der Waals surface area contributed by atoms with Gasteiger partial charge in [0.2, 0.25) is 0 Å². The summed E-state index contributed by atoms with van der Waals surface area (Å²) in [6, 6.07) is 13.3. The maximum Gasteiger partial charge on any atom is 0.490 e. The van der Waals surface area contributed by atoms with Crippen LogP contribution in [-0.4, -0.2) is 63.3 Å². The van der Waals surface area contributed by atoms with Crippen LogP contribution < -0.4 is 27.2 Å². The molecule has 0 aliphatic heterocycles. The second-order valence-electron chi connectivity index (χ2n) is 8.29. The van der Waals surface area contributed by atoms with Crippen LogP contribution in [0, 0.1) is 5.41 Å². The van der Waals surface area contributed by atoms with Crippen LogP contribution in [-0.2, 0) is 27.5 Å². The van der Waals surface area contributed by atoms with Crippen LogP contribution in [0.4, 0.5) is 18.0 Å². The van der Waals surface area contributed by atoms with E-state index < -0.39 is 48.3 Å². The van der Waals surface area contributed by atoms with Crippen molar-refractivity contribution in [2.45, 2.75) is 25.4 Å². The van der Waals surface area contributed by atoms with E-state index in [0.29, 0.717) is 11.1 Å². The van der Waals surface area contributed by atoms with E-state index in [4.69, 9.17) is 25.8 Å². The van der Waals surface area contributed by atoms with Crippen molar-refractivity contribution < 1.29 is 47.3 Å². The van der Waals surface area contributed by atoms with Crippen LogP contribution in [0.5, 0.6) is 0 Å². The van der Waals surface area contributed by atoms with Crippen LogP contribution in [0.2, 0.25) is 0 Å². The second kappa shape index (κ2) is 14.7. The van der Waals surface area contributed by atoms with E-state index in [1.54, 1.807) is 42.6 Å². The van der Waals surface area contributed by atoms with Crippen molar-refractivity contribution in [3.8, 4) is 0 Å². The molecule has 0 fully saturated rings. The molecule has 17 heteroatoms. The van der Waals surface area contributed by atoms with Crippen molar-refractivity contribution >= 4 is 35.4 Å². The number of hydrogen-bond donors (Lipinski definition) is 7. The summed E-state index contributed by atoms with van der Waals surface area (Å²) in [4.78, 5) is 57.4. The molecular weight excluding hydrogens is 569 g/mol. The normalized spacial score (nSPS) is 11.3. The van der Waals surface area contributed by atoms with Gasteiger partial charge in [-0.05, 0) is 23.3 Å². The molecule has 8 N–H and O–H groups in total. The highest BCUT2D eigenvalue weighted by molar-refractivity contribution is 5.95. The Balaban J connectivity index is 0.000000782. The topological polar surface area (TPSA) is 225 Å². The Kier molecular flexibility index (Phi) is 11.4. The number of guanidine groups is 1. The lowest BCUT2D eigenvalue weighted by molar-refractivity contribution is -0.192. The highest BCUT2D eigenvalue weighted by atomic mass is 19.4. The number of carbonyl (C=O) groups excluding carboxylic acids is 2. The Labute approximate surface area is 234 Å². The number of carbonyl (C=O) groups is 4. The number of amides is 2. The molecule has 0 saturated carbocycles. The van der Waals surface area contributed by atoms with Gasteiger partial charge in [-0.15, -0.1) is 0 Å². The summed E-state index contributed by atoms with van der Waals surface area (Å²) in [5.74, 6) is -5.01. The first-order valence-electron chi connectivity index (χ1n) is 11.7. The maximum atomic E-state index is 12.6. The number of ether oxygens (including phenoxy) is 1. The fourth-order valence-electron chi connectivity index (χ4n) is 3.11. The molecule has 3 aromatic rings.